The number of ether oxygens (including phenoxy) is 7. The summed E-state index contributed by atoms with van der Waals surface area (Å²) in [7, 11) is 1.53. The van der Waals surface area contributed by atoms with E-state index in [1.165, 1.54) is 14.0 Å². The number of carbonyl (C=O) groups excluding carboxylic acids is 2. The number of hydrogen-bond donors (Lipinski definition) is 2. The third-order valence-corrected chi connectivity index (χ3v) is 6.31. The monoisotopic (exact) mass is 647 g/mol. The molecule has 2 aromatic carbocycles. The van der Waals surface area contributed by atoms with Crippen LogP contribution in [0.5, 0.6) is 11.5 Å². The molecule has 0 spiro atoms. The number of nitrogens with one attached hydrogen (secondary N) is 1. The van der Waals surface area contributed by atoms with Crippen LogP contribution in [-0.4, -0.2) is 107 Å². The molecule has 0 aromatic heterocycles. The fourth-order valence-electron chi connectivity index (χ4n) is 3.76. The molecule has 0 aliphatic rings. The molecular formula is C33H49N3O10. The van der Waals surface area contributed by atoms with Crippen LogP contribution in [-0.2, 0) is 33.3 Å². The second-order valence-corrected chi connectivity index (χ2v) is 10.7. The molecule has 2 aromatic rings. The predicted octanol–water partition coefficient (Wildman–Crippen LogP) is 4.38. The van der Waals surface area contributed by atoms with E-state index < -0.39 is 17.7 Å². The van der Waals surface area contributed by atoms with Crippen LogP contribution in [0.25, 0.3) is 0 Å². The van der Waals surface area contributed by atoms with Crippen molar-refractivity contribution in [1.82, 2.24) is 0 Å². The van der Waals surface area contributed by atoms with Crippen molar-refractivity contribution < 1.29 is 47.9 Å². The van der Waals surface area contributed by atoms with E-state index in [-0.39, 0.29) is 37.6 Å². The number of hydrogen-bond acceptors (Lipinski definition) is 12. The molecular weight excluding hydrogens is 598 g/mol. The SMILES string of the molecule is COc1ccc(N=NC(C(C)=O)C(=O)Nc2ccccc2)c(OCC(C)OCC(C)OCC(C)OCC(C)OCCOCCO)c1. The first-order valence-corrected chi connectivity index (χ1v) is 15.4. The predicted molar refractivity (Wildman–Crippen MR) is 172 cm³/mol. The average molecular weight is 648 g/mol. The second-order valence-electron chi connectivity index (χ2n) is 10.7. The van der Waals surface area contributed by atoms with Gasteiger partial charge >= 0.3 is 0 Å². The summed E-state index contributed by atoms with van der Waals surface area (Å²) in [6, 6.07) is 12.4. The molecule has 13 heteroatoms. The lowest BCUT2D eigenvalue weighted by Gasteiger charge is -2.21. The normalized spacial score (nSPS) is 14.8. The van der Waals surface area contributed by atoms with Gasteiger partial charge in [-0.1, -0.05) is 18.2 Å². The molecule has 5 unspecified atom stereocenters. The van der Waals surface area contributed by atoms with Crippen molar-refractivity contribution in [3.05, 3.63) is 48.5 Å². The highest BCUT2D eigenvalue weighted by Crippen LogP contribution is 2.32. The van der Waals surface area contributed by atoms with Gasteiger partial charge in [0.05, 0.1) is 77.8 Å². The van der Waals surface area contributed by atoms with E-state index in [9.17, 15) is 9.59 Å². The van der Waals surface area contributed by atoms with Crippen molar-refractivity contribution in [2.75, 3.05) is 65.3 Å². The molecule has 1 amide bonds. The van der Waals surface area contributed by atoms with Gasteiger partial charge in [0.25, 0.3) is 5.91 Å². The molecule has 13 nitrogen and oxygen atoms in total. The Morgan fingerprint density at radius 2 is 1.41 bits per heavy atom. The number of anilines is 1. The van der Waals surface area contributed by atoms with E-state index >= 15 is 0 Å². The lowest BCUT2D eigenvalue weighted by molar-refractivity contribution is -0.126. The molecule has 2 rings (SSSR count). The van der Waals surface area contributed by atoms with E-state index in [2.05, 4.69) is 15.5 Å². The number of methoxy groups -OCH3 is 1. The number of carbonyl (C=O) groups is 2. The fourth-order valence-corrected chi connectivity index (χ4v) is 3.76. The maximum atomic E-state index is 12.7. The Morgan fingerprint density at radius 3 is 2.00 bits per heavy atom. The second kappa shape index (κ2) is 22.1. The van der Waals surface area contributed by atoms with Crippen LogP contribution in [0.1, 0.15) is 34.6 Å². The first-order chi connectivity index (χ1) is 22.1. The first kappa shape index (κ1) is 38.7. The van der Waals surface area contributed by atoms with E-state index in [1.807, 2.05) is 33.8 Å². The summed E-state index contributed by atoms with van der Waals surface area (Å²) in [4.78, 5) is 24.9. The molecule has 0 heterocycles. The summed E-state index contributed by atoms with van der Waals surface area (Å²) in [5.41, 5.74) is 0.875. The van der Waals surface area contributed by atoms with Crippen molar-refractivity contribution in [2.24, 2.45) is 10.2 Å². The van der Waals surface area contributed by atoms with E-state index in [0.29, 0.717) is 62.5 Å². The highest BCUT2D eigenvalue weighted by Gasteiger charge is 2.23. The van der Waals surface area contributed by atoms with Gasteiger partial charge in [-0.25, -0.2) is 0 Å². The Labute approximate surface area is 271 Å². The summed E-state index contributed by atoms with van der Waals surface area (Å²) in [6.07, 6.45) is -0.704. The Balaban J connectivity index is 1.81. The molecule has 0 aliphatic carbocycles. The molecule has 0 bridgehead atoms. The zero-order valence-electron chi connectivity index (χ0n) is 27.7. The van der Waals surface area contributed by atoms with Crippen molar-refractivity contribution in [3.63, 3.8) is 0 Å². The van der Waals surface area contributed by atoms with Crippen molar-refractivity contribution in [3.8, 4) is 11.5 Å². The third kappa shape index (κ3) is 15.7. The number of aliphatic hydroxyl groups is 1. The topological polar surface area (TPSA) is 156 Å². The van der Waals surface area contributed by atoms with Gasteiger partial charge in [-0.3, -0.25) is 9.59 Å². The van der Waals surface area contributed by atoms with E-state index in [4.69, 9.17) is 38.3 Å². The summed E-state index contributed by atoms with van der Waals surface area (Å²) in [5, 5.41) is 19.6. The summed E-state index contributed by atoms with van der Waals surface area (Å²) in [5.74, 6) is -0.139. The number of para-hydroxylation sites is 1. The summed E-state index contributed by atoms with van der Waals surface area (Å²) in [6.45, 7) is 11.4. The molecule has 0 radical (unpaired) electrons. The Bertz CT molecular complexity index is 1180. The number of aliphatic hydroxyl groups excluding tert-OH is 1. The quantitative estimate of drug-likeness (QED) is 0.0952. The summed E-state index contributed by atoms with van der Waals surface area (Å²) < 4.78 is 39.7. The minimum Gasteiger partial charge on any atom is -0.497 e. The smallest absolute Gasteiger partial charge is 0.258 e. The Kier molecular flexibility index (Phi) is 18.6. The molecule has 2 N–H and O–H groups in total. The van der Waals surface area contributed by atoms with Gasteiger partial charge in [0.15, 0.2) is 11.5 Å². The molecule has 46 heavy (non-hydrogen) atoms. The molecule has 0 fully saturated rings. The number of nitrogens with zero attached hydrogens (tertiary/aromatic N) is 2. The van der Waals surface area contributed by atoms with Crippen LogP contribution in [0.2, 0.25) is 0 Å². The van der Waals surface area contributed by atoms with Crippen LogP contribution < -0.4 is 14.8 Å². The van der Waals surface area contributed by atoms with Gasteiger partial charge < -0.3 is 43.6 Å². The number of azo groups is 1. The minimum absolute atomic E-state index is 0.00594. The standard InChI is InChI=1S/C33H49N3O10/c1-23(42-17-16-41-15-14-37)19-43-24(2)20-44-25(3)21-45-26(4)22-46-31-18-29(40-6)12-13-30(31)35-36-32(27(5)38)33(39)34-28-10-8-7-9-11-28/h7-13,18,23-26,32,37H,14-17,19-22H2,1-6H3,(H,34,39). The number of amides is 1. The van der Waals surface area contributed by atoms with Crippen LogP contribution in [0.3, 0.4) is 0 Å². The average Bonchev–Trinajstić information content (AvgIpc) is 3.05. The van der Waals surface area contributed by atoms with Crippen molar-refractivity contribution in [1.29, 1.82) is 0 Å². The lowest BCUT2D eigenvalue weighted by Crippen LogP contribution is -2.31. The van der Waals surface area contributed by atoms with Gasteiger partial charge in [-0.15, -0.1) is 0 Å². The van der Waals surface area contributed by atoms with Crippen molar-refractivity contribution in [2.45, 2.75) is 65.1 Å². The van der Waals surface area contributed by atoms with Gasteiger partial charge in [-0.2, -0.15) is 10.2 Å². The first-order valence-electron chi connectivity index (χ1n) is 15.4. The number of Topliss-reactive ketones (excluding diaryl/α,β-unsaturated/α-hetero) is 1. The number of ketones is 1. The lowest BCUT2D eigenvalue weighted by atomic mass is 10.2. The maximum Gasteiger partial charge on any atom is 0.258 e. The van der Waals surface area contributed by atoms with Crippen LogP contribution in [0.15, 0.2) is 58.8 Å². The molecule has 0 aliphatic heterocycles. The van der Waals surface area contributed by atoms with Gasteiger partial charge in [0, 0.05) is 11.8 Å². The maximum absolute atomic E-state index is 12.7. The molecule has 5 atom stereocenters. The zero-order valence-corrected chi connectivity index (χ0v) is 27.7. The van der Waals surface area contributed by atoms with Gasteiger partial charge in [-0.05, 0) is 58.9 Å². The number of benzene rings is 2. The summed E-state index contributed by atoms with van der Waals surface area (Å²) >= 11 is 0. The Morgan fingerprint density at radius 1 is 0.804 bits per heavy atom. The van der Waals surface area contributed by atoms with Gasteiger partial charge in [0.1, 0.15) is 18.0 Å². The molecule has 0 saturated carbocycles. The largest absolute Gasteiger partial charge is 0.497 e. The van der Waals surface area contributed by atoms with Gasteiger partial charge in [0.2, 0.25) is 6.04 Å². The van der Waals surface area contributed by atoms with Crippen LogP contribution in [0.4, 0.5) is 11.4 Å². The third-order valence-electron chi connectivity index (χ3n) is 6.31. The molecule has 0 saturated heterocycles. The van der Waals surface area contributed by atoms with E-state index in [0.717, 1.165) is 0 Å². The Hall–Kier alpha value is -3.46. The number of rotatable bonds is 24. The van der Waals surface area contributed by atoms with E-state index in [1.54, 1.807) is 42.5 Å². The van der Waals surface area contributed by atoms with Crippen molar-refractivity contribution >= 4 is 23.1 Å². The van der Waals surface area contributed by atoms with Crippen LogP contribution in [0, 0.1) is 0 Å². The highest BCUT2D eigenvalue weighted by molar-refractivity contribution is 6.10. The zero-order chi connectivity index (χ0) is 33.7. The molecule has 256 valence electrons. The highest BCUT2D eigenvalue weighted by atomic mass is 16.6. The fraction of sp³-hybridized carbons (Fsp3) is 0.576. The van der Waals surface area contributed by atoms with Crippen LogP contribution >= 0.6 is 0 Å². The minimum atomic E-state index is -1.33.